The molecule has 0 fully saturated rings. The Bertz CT molecular complexity index is 469. The van der Waals surface area contributed by atoms with Crippen LogP contribution in [0, 0.1) is 5.92 Å². The summed E-state index contributed by atoms with van der Waals surface area (Å²) in [5, 5.41) is 12.6. The molecule has 1 rings (SSSR count). The van der Waals surface area contributed by atoms with E-state index in [1.165, 1.54) is 19.3 Å². The summed E-state index contributed by atoms with van der Waals surface area (Å²) >= 11 is 0. The third kappa shape index (κ3) is 5.58. The summed E-state index contributed by atoms with van der Waals surface area (Å²) in [5.41, 5.74) is 1.51. The van der Waals surface area contributed by atoms with E-state index in [4.69, 9.17) is 9.47 Å². The minimum absolute atomic E-state index is 0.139. The number of unbranched alkanes of at least 4 members (excludes halogenated alkanes) is 3. The average Bonchev–Trinajstić information content (AvgIpc) is 2.49. The Hall–Kier alpha value is -1.71. The molecule has 0 atom stereocenters. The van der Waals surface area contributed by atoms with E-state index in [9.17, 15) is 5.21 Å². The van der Waals surface area contributed by atoms with Gasteiger partial charge in [0.2, 0.25) is 0 Å². The van der Waals surface area contributed by atoms with Gasteiger partial charge in [0, 0.05) is 5.56 Å². The van der Waals surface area contributed by atoms with Crippen LogP contribution in [0.2, 0.25) is 0 Å². The van der Waals surface area contributed by atoms with E-state index in [-0.39, 0.29) is 5.92 Å². The molecule has 1 aromatic rings. The van der Waals surface area contributed by atoms with Gasteiger partial charge in [-0.25, -0.2) is 0 Å². The minimum atomic E-state index is 0.139. The molecule has 0 radical (unpaired) electrons. The van der Waals surface area contributed by atoms with Crippen molar-refractivity contribution >= 4 is 5.71 Å². The Balaban J connectivity index is 2.81. The summed E-state index contributed by atoms with van der Waals surface area (Å²) in [7, 11) is 0. The van der Waals surface area contributed by atoms with Crippen LogP contribution in [0.3, 0.4) is 0 Å². The third-order valence-corrected chi connectivity index (χ3v) is 3.45. The molecule has 0 heterocycles. The first-order valence-electron chi connectivity index (χ1n) is 8.25. The van der Waals surface area contributed by atoms with Gasteiger partial charge < -0.3 is 14.7 Å². The summed E-state index contributed by atoms with van der Waals surface area (Å²) in [6.45, 7) is 9.40. The SMILES string of the molecule is CCCCCCOc1ccc(C(=NO)C(C)C)cc1OCC. The lowest BCUT2D eigenvalue weighted by atomic mass is 10.00. The molecule has 0 saturated carbocycles. The highest BCUT2D eigenvalue weighted by Crippen LogP contribution is 2.30. The lowest BCUT2D eigenvalue weighted by Crippen LogP contribution is -2.10. The van der Waals surface area contributed by atoms with Crippen molar-refractivity contribution in [2.24, 2.45) is 11.1 Å². The van der Waals surface area contributed by atoms with E-state index < -0.39 is 0 Å². The molecular weight excluding hydrogens is 278 g/mol. The second kappa shape index (κ2) is 10.1. The van der Waals surface area contributed by atoms with Crippen LogP contribution in [0.4, 0.5) is 0 Å². The Morgan fingerprint density at radius 1 is 1.09 bits per heavy atom. The van der Waals surface area contributed by atoms with Crippen molar-refractivity contribution in [3.63, 3.8) is 0 Å². The summed E-state index contributed by atoms with van der Waals surface area (Å²) in [5.74, 6) is 1.60. The van der Waals surface area contributed by atoms with Crippen molar-refractivity contribution < 1.29 is 14.7 Å². The van der Waals surface area contributed by atoms with Crippen molar-refractivity contribution in [2.45, 2.75) is 53.4 Å². The van der Waals surface area contributed by atoms with Gasteiger partial charge in [-0.1, -0.05) is 45.2 Å². The molecule has 0 aliphatic rings. The molecule has 4 nitrogen and oxygen atoms in total. The van der Waals surface area contributed by atoms with Crippen molar-refractivity contribution in [1.29, 1.82) is 0 Å². The number of rotatable bonds is 10. The van der Waals surface area contributed by atoms with E-state index in [2.05, 4.69) is 12.1 Å². The number of hydrogen-bond acceptors (Lipinski definition) is 4. The molecular formula is C18H29NO3. The molecule has 0 aliphatic heterocycles. The van der Waals surface area contributed by atoms with Crippen LogP contribution in [0.25, 0.3) is 0 Å². The zero-order valence-electron chi connectivity index (χ0n) is 14.3. The van der Waals surface area contributed by atoms with Crippen molar-refractivity contribution in [3.05, 3.63) is 23.8 Å². The Kier molecular flexibility index (Phi) is 8.41. The van der Waals surface area contributed by atoms with Crippen LogP contribution in [-0.2, 0) is 0 Å². The molecule has 0 unspecified atom stereocenters. The van der Waals surface area contributed by atoms with Crippen LogP contribution in [-0.4, -0.2) is 24.1 Å². The van der Waals surface area contributed by atoms with E-state index >= 15 is 0 Å². The standard InChI is InChI=1S/C18H29NO3/c1-5-7-8-9-12-22-16-11-10-15(13-17(16)21-6-2)18(19-20)14(3)4/h10-11,13-14,20H,5-9,12H2,1-4H3. The van der Waals surface area contributed by atoms with Crippen molar-refractivity contribution in [2.75, 3.05) is 13.2 Å². The Labute approximate surface area is 134 Å². The van der Waals surface area contributed by atoms with Gasteiger partial charge in [0.1, 0.15) is 0 Å². The van der Waals surface area contributed by atoms with Gasteiger partial charge in [-0.15, -0.1) is 0 Å². The molecule has 0 aromatic heterocycles. The molecule has 1 N–H and O–H groups in total. The van der Waals surface area contributed by atoms with Crippen molar-refractivity contribution in [1.82, 2.24) is 0 Å². The van der Waals surface area contributed by atoms with Gasteiger partial charge >= 0.3 is 0 Å². The van der Waals surface area contributed by atoms with Gasteiger partial charge in [-0.2, -0.15) is 0 Å². The minimum Gasteiger partial charge on any atom is -0.490 e. The molecule has 1 aromatic carbocycles. The van der Waals surface area contributed by atoms with Gasteiger partial charge in [0.25, 0.3) is 0 Å². The normalized spacial score (nSPS) is 11.8. The maximum atomic E-state index is 9.18. The Morgan fingerprint density at radius 3 is 2.45 bits per heavy atom. The number of benzene rings is 1. The Morgan fingerprint density at radius 2 is 1.86 bits per heavy atom. The molecule has 0 aliphatic carbocycles. The molecule has 22 heavy (non-hydrogen) atoms. The second-order valence-electron chi connectivity index (χ2n) is 5.64. The summed E-state index contributed by atoms with van der Waals surface area (Å²) in [4.78, 5) is 0. The van der Waals surface area contributed by atoms with Crippen LogP contribution in [0.1, 0.15) is 58.9 Å². The molecule has 0 amide bonds. The molecule has 124 valence electrons. The number of ether oxygens (including phenoxy) is 2. The molecule has 4 heteroatoms. The largest absolute Gasteiger partial charge is 0.490 e. The van der Waals surface area contributed by atoms with Gasteiger partial charge in [-0.3, -0.25) is 0 Å². The summed E-state index contributed by atoms with van der Waals surface area (Å²) in [6, 6.07) is 5.70. The molecule has 0 bridgehead atoms. The number of nitrogens with zero attached hydrogens (tertiary/aromatic N) is 1. The van der Waals surface area contributed by atoms with Gasteiger partial charge in [0.05, 0.1) is 18.9 Å². The zero-order chi connectivity index (χ0) is 16.4. The number of hydrogen-bond donors (Lipinski definition) is 1. The van der Waals surface area contributed by atoms with Crippen LogP contribution >= 0.6 is 0 Å². The summed E-state index contributed by atoms with van der Waals surface area (Å²) in [6.07, 6.45) is 4.70. The monoisotopic (exact) mass is 307 g/mol. The molecule has 0 spiro atoms. The van der Waals surface area contributed by atoms with Crippen LogP contribution in [0.5, 0.6) is 11.5 Å². The highest BCUT2D eigenvalue weighted by atomic mass is 16.5. The van der Waals surface area contributed by atoms with E-state index in [1.54, 1.807) is 0 Å². The highest BCUT2D eigenvalue weighted by Gasteiger charge is 2.13. The smallest absolute Gasteiger partial charge is 0.161 e. The van der Waals surface area contributed by atoms with Crippen LogP contribution in [0.15, 0.2) is 23.4 Å². The maximum Gasteiger partial charge on any atom is 0.161 e. The quantitative estimate of drug-likeness (QED) is 0.290. The predicted molar refractivity (Wildman–Crippen MR) is 90.4 cm³/mol. The first kappa shape index (κ1) is 18.3. The van der Waals surface area contributed by atoms with Gasteiger partial charge in [0.15, 0.2) is 11.5 Å². The molecule has 0 saturated heterocycles. The van der Waals surface area contributed by atoms with Crippen LogP contribution < -0.4 is 9.47 Å². The van der Waals surface area contributed by atoms with E-state index in [0.29, 0.717) is 24.7 Å². The van der Waals surface area contributed by atoms with E-state index in [0.717, 1.165) is 17.7 Å². The lowest BCUT2D eigenvalue weighted by molar-refractivity contribution is 0.270. The predicted octanol–water partition coefficient (Wildman–Crippen LogP) is 4.88. The number of oxime groups is 1. The fourth-order valence-corrected chi connectivity index (χ4v) is 2.27. The highest BCUT2D eigenvalue weighted by molar-refractivity contribution is 6.01. The second-order valence-corrected chi connectivity index (χ2v) is 5.64. The van der Waals surface area contributed by atoms with E-state index in [1.807, 2.05) is 39.0 Å². The first-order chi connectivity index (χ1) is 10.6. The van der Waals surface area contributed by atoms with Crippen molar-refractivity contribution in [3.8, 4) is 11.5 Å². The first-order valence-corrected chi connectivity index (χ1v) is 8.25. The third-order valence-electron chi connectivity index (χ3n) is 3.45. The average molecular weight is 307 g/mol. The summed E-state index contributed by atoms with van der Waals surface area (Å²) < 4.78 is 11.5. The topological polar surface area (TPSA) is 51.0 Å². The maximum absolute atomic E-state index is 9.18. The zero-order valence-corrected chi connectivity index (χ0v) is 14.3. The fourth-order valence-electron chi connectivity index (χ4n) is 2.27. The lowest BCUT2D eigenvalue weighted by Gasteiger charge is -2.15. The van der Waals surface area contributed by atoms with Gasteiger partial charge in [-0.05, 0) is 37.5 Å². The fraction of sp³-hybridized carbons (Fsp3) is 0.611.